The van der Waals surface area contributed by atoms with Gasteiger partial charge in [0.05, 0.1) is 0 Å². The number of benzene rings is 1. The fraction of sp³-hybridized carbons (Fsp3) is 0.556. The van der Waals surface area contributed by atoms with Gasteiger partial charge in [-0.15, -0.1) is 10.2 Å². The number of rotatable bonds is 5. The Morgan fingerprint density at radius 3 is 2.54 bits per heavy atom. The maximum Gasteiger partial charge on any atom is 0.191 e. The lowest BCUT2D eigenvalue weighted by Crippen LogP contribution is -2.17. The summed E-state index contributed by atoms with van der Waals surface area (Å²) in [5.41, 5.74) is 0.753. The van der Waals surface area contributed by atoms with Gasteiger partial charge in [-0.3, -0.25) is 0 Å². The molecular weight excluding hydrogens is 328 g/mol. The first-order valence-electron chi connectivity index (χ1n) is 8.57. The molecule has 0 spiro atoms. The summed E-state index contributed by atoms with van der Waals surface area (Å²) in [6.45, 7) is 4.26. The number of thioether (sulfide) groups is 1. The Morgan fingerprint density at radius 1 is 1.12 bits per heavy atom. The first kappa shape index (κ1) is 17.4. The second kappa shape index (κ2) is 7.64. The molecule has 1 aromatic carbocycles. The predicted octanol–water partition coefficient (Wildman–Crippen LogP) is 5.48. The molecule has 1 saturated carbocycles. The average Bonchev–Trinajstić information content (AvgIpc) is 3.01. The molecule has 3 rings (SSSR count). The van der Waals surface area contributed by atoms with E-state index >= 15 is 0 Å². The molecule has 0 amide bonds. The molecule has 0 bridgehead atoms. The van der Waals surface area contributed by atoms with Crippen LogP contribution in [0.4, 0.5) is 8.78 Å². The minimum atomic E-state index is -0.809. The summed E-state index contributed by atoms with van der Waals surface area (Å²) in [5, 5.41) is 9.65. The second-order valence-electron chi connectivity index (χ2n) is 6.69. The summed E-state index contributed by atoms with van der Waals surface area (Å²) in [4.78, 5) is 0. The summed E-state index contributed by atoms with van der Waals surface area (Å²) in [6, 6.07) is 4.51. The Hall–Kier alpha value is -1.43. The molecule has 1 aliphatic carbocycles. The average molecular weight is 351 g/mol. The first-order chi connectivity index (χ1) is 11.6. The van der Waals surface area contributed by atoms with Crippen LogP contribution in [0.2, 0.25) is 0 Å². The topological polar surface area (TPSA) is 30.7 Å². The third-order valence-corrected chi connectivity index (χ3v) is 5.51. The number of hydrogen-bond acceptors (Lipinski definition) is 3. The van der Waals surface area contributed by atoms with Crippen molar-refractivity contribution in [3.63, 3.8) is 0 Å². The third-order valence-electron chi connectivity index (χ3n) is 4.50. The zero-order valence-corrected chi connectivity index (χ0v) is 15.0. The highest BCUT2D eigenvalue weighted by molar-refractivity contribution is 7.98. The Bertz CT molecular complexity index is 694. The Labute approximate surface area is 145 Å². The maximum absolute atomic E-state index is 13.4. The zero-order valence-electron chi connectivity index (χ0n) is 14.1. The van der Waals surface area contributed by atoms with E-state index in [1.165, 1.54) is 31.4 Å². The standard InChI is InChI=1S/C18H23F2N3S/c1-12(2)17-21-22-18(23(17)14-6-4-3-5-7-14)24-11-13-8-9-15(19)16(20)10-13/h8-10,12,14H,3-7,11H2,1-2H3. The van der Waals surface area contributed by atoms with Gasteiger partial charge in [0.15, 0.2) is 16.8 Å². The normalized spacial score (nSPS) is 16.0. The zero-order chi connectivity index (χ0) is 17.1. The number of hydrogen-bond donors (Lipinski definition) is 0. The van der Waals surface area contributed by atoms with Gasteiger partial charge in [0, 0.05) is 17.7 Å². The molecule has 1 heterocycles. The molecule has 0 unspecified atom stereocenters. The smallest absolute Gasteiger partial charge is 0.191 e. The Balaban J connectivity index is 1.80. The maximum atomic E-state index is 13.4. The van der Waals surface area contributed by atoms with Crippen molar-refractivity contribution in [3.8, 4) is 0 Å². The van der Waals surface area contributed by atoms with E-state index in [1.54, 1.807) is 17.8 Å². The molecule has 6 heteroatoms. The molecule has 2 aromatic rings. The molecule has 0 radical (unpaired) electrons. The van der Waals surface area contributed by atoms with Gasteiger partial charge in [-0.2, -0.15) is 0 Å². The first-order valence-corrected chi connectivity index (χ1v) is 9.56. The molecule has 3 nitrogen and oxygen atoms in total. The van der Waals surface area contributed by atoms with Crippen molar-refractivity contribution < 1.29 is 8.78 Å². The second-order valence-corrected chi connectivity index (χ2v) is 7.64. The highest BCUT2D eigenvalue weighted by Gasteiger charge is 2.24. The summed E-state index contributed by atoms with van der Waals surface area (Å²) in [5.74, 6) is 0.285. The van der Waals surface area contributed by atoms with Gasteiger partial charge >= 0.3 is 0 Å². The van der Waals surface area contributed by atoms with Crippen molar-refractivity contribution in [2.24, 2.45) is 0 Å². The van der Waals surface area contributed by atoms with E-state index in [9.17, 15) is 8.78 Å². The molecule has 0 atom stereocenters. The summed E-state index contributed by atoms with van der Waals surface area (Å²) in [6.07, 6.45) is 6.11. The fourth-order valence-corrected chi connectivity index (χ4v) is 4.20. The summed E-state index contributed by atoms with van der Waals surface area (Å²) >= 11 is 1.55. The van der Waals surface area contributed by atoms with Crippen LogP contribution in [0.5, 0.6) is 0 Å². The Morgan fingerprint density at radius 2 is 1.88 bits per heavy atom. The van der Waals surface area contributed by atoms with Crippen LogP contribution < -0.4 is 0 Å². The number of aromatic nitrogens is 3. The van der Waals surface area contributed by atoms with Crippen LogP contribution in [-0.4, -0.2) is 14.8 Å². The summed E-state index contributed by atoms with van der Waals surface area (Å²) < 4.78 is 28.7. The minimum Gasteiger partial charge on any atom is -0.303 e. The lowest BCUT2D eigenvalue weighted by atomic mass is 9.95. The molecule has 1 aliphatic rings. The Kier molecular flexibility index (Phi) is 5.54. The van der Waals surface area contributed by atoms with E-state index in [0.29, 0.717) is 17.7 Å². The largest absolute Gasteiger partial charge is 0.303 e. The van der Waals surface area contributed by atoms with E-state index in [-0.39, 0.29) is 0 Å². The van der Waals surface area contributed by atoms with Gasteiger partial charge < -0.3 is 4.57 Å². The van der Waals surface area contributed by atoms with Crippen LogP contribution in [0.3, 0.4) is 0 Å². The SMILES string of the molecule is CC(C)c1nnc(SCc2ccc(F)c(F)c2)n1C1CCCCC1. The van der Waals surface area contributed by atoms with Gasteiger partial charge in [-0.25, -0.2) is 8.78 Å². The van der Waals surface area contributed by atoms with Crippen LogP contribution >= 0.6 is 11.8 Å². The van der Waals surface area contributed by atoms with Crippen molar-refractivity contribution in [2.45, 2.75) is 68.8 Å². The molecule has 130 valence electrons. The lowest BCUT2D eigenvalue weighted by Gasteiger charge is -2.26. The van der Waals surface area contributed by atoms with E-state index in [4.69, 9.17) is 0 Å². The molecule has 1 aromatic heterocycles. The van der Waals surface area contributed by atoms with E-state index in [0.717, 1.165) is 29.4 Å². The highest BCUT2D eigenvalue weighted by atomic mass is 32.2. The number of nitrogens with zero attached hydrogens (tertiary/aromatic N) is 3. The van der Waals surface area contributed by atoms with Gasteiger partial charge in [-0.1, -0.05) is 50.9 Å². The van der Waals surface area contributed by atoms with Crippen LogP contribution in [-0.2, 0) is 5.75 Å². The molecule has 0 saturated heterocycles. The van der Waals surface area contributed by atoms with Crippen molar-refractivity contribution in [3.05, 3.63) is 41.2 Å². The van der Waals surface area contributed by atoms with Crippen molar-refractivity contribution >= 4 is 11.8 Å². The molecule has 0 aliphatic heterocycles. The quantitative estimate of drug-likeness (QED) is 0.669. The van der Waals surface area contributed by atoms with Crippen molar-refractivity contribution in [2.75, 3.05) is 0 Å². The molecule has 1 fully saturated rings. The van der Waals surface area contributed by atoms with Crippen molar-refractivity contribution in [1.82, 2.24) is 14.8 Å². The number of halogens is 2. The van der Waals surface area contributed by atoms with Crippen LogP contribution in [0.1, 0.15) is 69.3 Å². The van der Waals surface area contributed by atoms with E-state index in [2.05, 4.69) is 28.6 Å². The van der Waals surface area contributed by atoms with Gasteiger partial charge in [-0.05, 0) is 30.5 Å². The van der Waals surface area contributed by atoms with Crippen LogP contribution in [0.15, 0.2) is 23.4 Å². The van der Waals surface area contributed by atoms with Gasteiger partial charge in [0.2, 0.25) is 0 Å². The van der Waals surface area contributed by atoms with Crippen LogP contribution in [0.25, 0.3) is 0 Å². The minimum absolute atomic E-state index is 0.317. The van der Waals surface area contributed by atoms with Crippen LogP contribution in [0, 0.1) is 11.6 Å². The van der Waals surface area contributed by atoms with Crippen molar-refractivity contribution in [1.29, 1.82) is 0 Å². The van der Waals surface area contributed by atoms with Gasteiger partial charge in [0.1, 0.15) is 5.82 Å². The third kappa shape index (κ3) is 3.79. The van der Waals surface area contributed by atoms with E-state index < -0.39 is 11.6 Å². The monoisotopic (exact) mass is 351 g/mol. The molecular formula is C18H23F2N3S. The lowest BCUT2D eigenvalue weighted by molar-refractivity contribution is 0.326. The fourth-order valence-electron chi connectivity index (χ4n) is 3.24. The van der Waals surface area contributed by atoms with Gasteiger partial charge in [0.25, 0.3) is 0 Å². The molecule has 0 N–H and O–H groups in total. The highest BCUT2D eigenvalue weighted by Crippen LogP contribution is 2.35. The van der Waals surface area contributed by atoms with E-state index in [1.807, 2.05) is 0 Å². The molecule has 24 heavy (non-hydrogen) atoms. The predicted molar refractivity (Wildman–Crippen MR) is 92.2 cm³/mol. The summed E-state index contributed by atoms with van der Waals surface area (Å²) in [7, 11) is 0.